The van der Waals surface area contributed by atoms with Crippen molar-refractivity contribution in [1.82, 2.24) is 4.98 Å². The minimum Gasteiger partial charge on any atom is -0.466 e. The molecular weight excluding hydrogens is 218 g/mol. The minimum atomic E-state index is -0.381. The molecule has 1 N–H and O–H groups in total. The SMILES string of the molecule is CCOC(=O)Cc1cc2ccccc2[nH]c1=O. The Morgan fingerprint density at radius 2 is 2.12 bits per heavy atom. The number of ether oxygens (including phenoxy) is 1. The van der Waals surface area contributed by atoms with Gasteiger partial charge in [0.2, 0.25) is 0 Å². The molecule has 0 radical (unpaired) electrons. The summed E-state index contributed by atoms with van der Waals surface area (Å²) in [4.78, 5) is 25.8. The van der Waals surface area contributed by atoms with Crippen molar-refractivity contribution in [2.45, 2.75) is 13.3 Å². The van der Waals surface area contributed by atoms with Crippen LogP contribution in [-0.4, -0.2) is 17.6 Å². The fraction of sp³-hybridized carbons (Fsp3) is 0.231. The van der Waals surface area contributed by atoms with Gasteiger partial charge in [0.15, 0.2) is 0 Å². The quantitative estimate of drug-likeness (QED) is 0.817. The summed E-state index contributed by atoms with van der Waals surface area (Å²) in [5, 5.41) is 0.909. The molecule has 1 heterocycles. The third-order valence-corrected chi connectivity index (χ3v) is 2.47. The maximum absolute atomic E-state index is 11.7. The number of nitrogens with one attached hydrogen (secondary N) is 1. The Labute approximate surface area is 98.2 Å². The van der Waals surface area contributed by atoms with Crippen LogP contribution in [0.15, 0.2) is 35.1 Å². The normalized spacial score (nSPS) is 10.4. The number of benzene rings is 1. The van der Waals surface area contributed by atoms with Crippen molar-refractivity contribution >= 4 is 16.9 Å². The van der Waals surface area contributed by atoms with Crippen LogP contribution in [0.25, 0.3) is 10.9 Å². The van der Waals surface area contributed by atoms with Gasteiger partial charge in [0, 0.05) is 11.1 Å². The molecule has 2 rings (SSSR count). The summed E-state index contributed by atoms with van der Waals surface area (Å²) in [7, 11) is 0. The molecule has 0 aliphatic heterocycles. The Bertz CT molecular complexity index is 601. The maximum Gasteiger partial charge on any atom is 0.310 e. The molecule has 0 saturated carbocycles. The minimum absolute atomic E-state index is 0.00794. The van der Waals surface area contributed by atoms with Gasteiger partial charge < -0.3 is 9.72 Å². The third kappa shape index (κ3) is 2.53. The van der Waals surface area contributed by atoms with Gasteiger partial charge in [-0.1, -0.05) is 18.2 Å². The summed E-state index contributed by atoms with van der Waals surface area (Å²) in [5.41, 5.74) is 0.962. The highest BCUT2D eigenvalue weighted by atomic mass is 16.5. The number of aromatic amines is 1. The van der Waals surface area contributed by atoms with E-state index in [1.54, 1.807) is 13.0 Å². The zero-order valence-corrected chi connectivity index (χ0v) is 9.53. The van der Waals surface area contributed by atoms with Gasteiger partial charge in [-0.05, 0) is 24.4 Å². The molecule has 0 atom stereocenters. The average molecular weight is 231 g/mol. The zero-order chi connectivity index (χ0) is 12.3. The van der Waals surface area contributed by atoms with Crippen LogP contribution in [-0.2, 0) is 16.0 Å². The van der Waals surface area contributed by atoms with E-state index in [9.17, 15) is 9.59 Å². The first-order valence-corrected chi connectivity index (χ1v) is 5.47. The lowest BCUT2D eigenvalue weighted by Gasteiger charge is -2.03. The molecular formula is C13H13NO3. The molecule has 0 bridgehead atoms. The predicted octanol–water partition coefficient (Wildman–Crippen LogP) is 1.63. The summed E-state index contributed by atoms with van der Waals surface area (Å²) in [5.74, 6) is -0.381. The lowest BCUT2D eigenvalue weighted by molar-refractivity contribution is -0.142. The van der Waals surface area contributed by atoms with Crippen LogP contribution in [0.1, 0.15) is 12.5 Å². The monoisotopic (exact) mass is 231 g/mol. The van der Waals surface area contributed by atoms with Crippen LogP contribution in [0.3, 0.4) is 0 Å². The Hall–Kier alpha value is -2.10. The van der Waals surface area contributed by atoms with Crippen LogP contribution < -0.4 is 5.56 Å². The van der Waals surface area contributed by atoms with Crippen molar-refractivity contribution in [1.29, 1.82) is 0 Å². The fourth-order valence-electron chi connectivity index (χ4n) is 1.69. The summed E-state index contributed by atoms with van der Waals surface area (Å²) in [6.45, 7) is 2.06. The molecule has 0 aliphatic carbocycles. The van der Waals surface area contributed by atoms with Gasteiger partial charge >= 0.3 is 5.97 Å². The molecule has 0 aliphatic rings. The second-order valence-corrected chi connectivity index (χ2v) is 3.69. The number of hydrogen-bond donors (Lipinski definition) is 1. The summed E-state index contributed by atoms with van der Waals surface area (Å²) >= 11 is 0. The molecule has 4 nitrogen and oxygen atoms in total. The number of hydrogen-bond acceptors (Lipinski definition) is 3. The number of esters is 1. The maximum atomic E-state index is 11.7. The topological polar surface area (TPSA) is 59.2 Å². The van der Waals surface area contributed by atoms with E-state index >= 15 is 0 Å². The van der Waals surface area contributed by atoms with Gasteiger partial charge in [0.05, 0.1) is 13.0 Å². The fourth-order valence-corrected chi connectivity index (χ4v) is 1.69. The molecule has 1 aromatic heterocycles. The van der Waals surface area contributed by atoms with Crippen LogP contribution in [0.4, 0.5) is 0 Å². The molecule has 0 saturated heterocycles. The first-order chi connectivity index (χ1) is 8.20. The standard InChI is InChI=1S/C13H13NO3/c1-2-17-12(15)8-10-7-9-5-3-4-6-11(9)14-13(10)16/h3-7H,2,8H2,1H3,(H,14,16). The van der Waals surface area contributed by atoms with E-state index < -0.39 is 0 Å². The summed E-state index contributed by atoms with van der Waals surface area (Å²) in [6.07, 6.45) is 0.00794. The second kappa shape index (κ2) is 4.82. The van der Waals surface area contributed by atoms with E-state index in [2.05, 4.69) is 4.98 Å². The van der Waals surface area contributed by atoms with Crippen LogP contribution >= 0.6 is 0 Å². The van der Waals surface area contributed by atoms with Crippen molar-refractivity contribution in [2.75, 3.05) is 6.61 Å². The van der Waals surface area contributed by atoms with Gasteiger partial charge in [-0.25, -0.2) is 0 Å². The predicted molar refractivity (Wildman–Crippen MR) is 64.9 cm³/mol. The highest BCUT2D eigenvalue weighted by Gasteiger charge is 2.08. The highest BCUT2D eigenvalue weighted by Crippen LogP contribution is 2.10. The lowest BCUT2D eigenvalue weighted by Crippen LogP contribution is -2.17. The van der Waals surface area contributed by atoms with E-state index in [0.29, 0.717) is 12.2 Å². The number of H-pyrrole nitrogens is 1. The number of rotatable bonds is 3. The highest BCUT2D eigenvalue weighted by molar-refractivity contribution is 5.80. The van der Waals surface area contributed by atoms with Crippen LogP contribution in [0, 0.1) is 0 Å². The van der Waals surface area contributed by atoms with E-state index in [1.165, 1.54) is 0 Å². The number of carbonyl (C=O) groups excluding carboxylic acids is 1. The first-order valence-electron chi connectivity index (χ1n) is 5.47. The van der Waals surface area contributed by atoms with Crippen LogP contribution in [0.5, 0.6) is 0 Å². The molecule has 0 amide bonds. The lowest BCUT2D eigenvalue weighted by atomic mass is 10.1. The third-order valence-electron chi connectivity index (χ3n) is 2.47. The van der Waals surface area contributed by atoms with E-state index in [-0.39, 0.29) is 17.9 Å². The van der Waals surface area contributed by atoms with Gasteiger partial charge in [-0.15, -0.1) is 0 Å². The van der Waals surface area contributed by atoms with Crippen LogP contribution in [0.2, 0.25) is 0 Å². The van der Waals surface area contributed by atoms with Crippen molar-refractivity contribution in [3.8, 4) is 0 Å². The Morgan fingerprint density at radius 1 is 1.35 bits per heavy atom. The second-order valence-electron chi connectivity index (χ2n) is 3.69. The smallest absolute Gasteiger partial charge is 0.310 e. The molecule has 2 aromatic rings. The summed E-state index contributed by atoms with van der Waals surface area (Å²) < 4.78 is 4.82. The number of fused-ring (bicyclic) bond motifs is 1. The van der Waals surface area contributed by atoms with Gasteiger partial charge in [-0.3, -0.25) is 9.59 Å². The number of para-hydroxylation sites is 1. The number of carbonyl (C=O) groups is 1. The Balaban J connectivity index is 2.37. The molecule has 88 valence electrons. The van der Waals surface area contributed by atoms with Crippen molar-refractivity contribution in [3.63, 3.8) is 0 Å². The zero-order valence-electron chi connectivity index (χ0n) is 9.53. The molecule has 0 spiro atoms. The Kier molecular flexibility index (Phi) is 3.23. The number of pyridine rings is 1. The van der Waals surface area contributed by atoms with Crippen molar-refractivity contribution in [3.05, 3.63) is 46.2 Å². The molecule has 1 aromatic carbocycles. The largest absolute Gasteiger partial charge is 0.466 e. The van der Waals surface area contributed by atoms with E-state index in [4.69, 9.17) is 4.74 Å². The molecule has 4 heteroatoms. The van der Waals surface area contributed by atoms with Gasteiger partial charge in [0.25, 0.3) is 5.56 Å². The van der Waals surface area contributed by atoms with E-state index in [0.717, 1.165) is 10.9 Å². The van der Waals surface area contributed by atoms with Crippen molar-refractivity contribution < 1.29 is 9.53 Å². The number of aromatic nitrogens is 1. The first kappa shape index (κ1) is 11.4. The Morgan fingerprint density at radius 3 is 2.88 bits per heavy atom. The van der Waals surface area contributed by atoms with Gasteiger partial charge in [0.1, 0.15) is 0 Å². The molecule has 0 unspecified atom stereocenters. The van der Waals surface area contributed by atoms with Crippen molar-refractivity contribution in [2.24, 2.45) is 0 Å². The molecule has 17 heavy (non-hydrogen) atoms. The summed E-state index contributed by atoms with van der Waals surface area (Å²) in [6, 6.07) is 9.17. The average Bonchev–Trinajstić information content (AvgIpc) is 2.30. The van der Waals surface area contributed by atoms with Gasteiger partial charge in [-0.2, -0.15) is 0 Å². The molecule has 0 fully saturated rings. The van der Waals surface area contributed by atoms with E-state index in [1.807, 2.05) is 24.3 Å².